The SMILES string of the molecule is COc1ccc(NC(=O)CSCC(=O)NC(C)c2ccccc2C)cc1. The van der Waals surface area contributed by atoms with E-state index in [2.05, 4.69) is 10.6 Å². The van der Waals surface area contributed by atoms with Crippen LogP contribution in [0, 0.1) is 6.92 Å². The molecular weight excluding hydrogens is 348 g/mol. The van der Waals surface area contributed by atoms with Crippen molar-refractivity contribution in [1.29, 1.82) is 0 Å². The lowest BCUT2D eigenvalue weighted by atomic mass is 10.0. The highest BCUT2D eigenvalue weighted by Gasteiger charge is 2.12. The topological polar surface area (TPSA) is 67.4 Å². The minimum Gasteiger partial charge on any atom is -0.497 e. The number of amides is 2. The van der Waals surface area contributed by atoms with Crippen LogP contribution in [0.3, 0.4) is 0 Å². The first-order valence-corrected chi connectivity index (χ1v) is 9.51. The van der Waals surface area contributed by atoms with Crippen molar-refractivity contribution in [3.8, 4) is 5.75 Å². The number of benzene rings is 2. The van der Waals surface area contributed by atoms with Crippen LogP contribution in [0.5, 0.6) is 5.75 Å². The molecule has 0 saturated heterocycles. The molecule has 0 aliphatic carbocycles. The summed E-state index contributed by atoms with van der Waals surface area (Å²) in [6, 6.07) is 15.0. The zero-order valence-electron chi connectivity index (χ0n) is 15.2. The number of ether oxygens (including phenoxy) is 1. The number of aryl methyl sites for hydroxylation is 1. The van der Waals surface area contributed by atoms with Gasteiger partial charge in [0.05, 0.1) is 24.7 Å². The number of nitrogens with one attached hydrogen (secondary N) is 2. The van der Waals surface area contributed by atoms with Gasteiger partial charge >= 0.3 is 0 Å². The summed E-state index contributed by atoms with van der Waals surface area (Å²) in [4.78, 5) is 24.0. The van der Waals surface area contributed by atoms with Crippen molar-refractivity contribution in [1.82, 2.24) is 5.32 Å². The summed E-state index contributed by atoms with van der Waals surface area (Å²) in [5.41, 5.74) is 2.95. The molecule has 2 rings (SSSR count). The van der Waals surface area contributed by atoms with Gasteiger partial charge in [0.1, 0.15) is 5.75 Å². The van der Waals surface area contributed by atoms with E-state index in [-0.39, 0.29) is 29.4 Å². The Labute approximate surface area is 158 Å². The first kappa shape index (κ1) is 19.8. The summed E-state index contributed by atoms with van der Waals surface area (Å²) in [6.07, 6.45) is 0. The van der Waals surface area contributed by atoms with Crippen LogP contribution in [0.15, 0.2) is 48.5 Å². The van der Waals surface area contributed by atoms with Crippen molar-refractivity contribution in [3.63, 3.8) is 0 Å². The first-order valence-electron chi connectivity index (χ1n) is 8.36. The molecule has 2 aromatic carbocycles. The van der Waals surface area contributed by atoms with E-state index < -0.39 is 0 Å². The van der Waals surface area contributed by atoms with E-state index in [1.807, 2.05) is 38.1 Å². The Morgan fingerprint density at radius 1 is 1.04 bits per heavy atom. The van der Waals surface area contributed by atoms with Crippen molar-refractivity contribution in [2.24, 2.45) is 0 Å². The lowest BCUT2D eigenvalue weighted by Crippen LogP contribution is -2.29. The van der Waals surface area contributed by atoms with Crippen molar-refractivity contribution in [3.05, 3.63) is 59.7 Å². The number of hydrogen-bond donors (Lipinski definition) is 2. The van der Waals surface area contributed by atoms with Gasteiger partial charge < -0.3 is 15.4 Å². The Kier molecular flexibility index (Phi) is 7.53. The van der Waals surface area contributed by atoms with E-state index in [1.54, 1.807) is 31.4 Å². The highest BCUT2D eigenvalue weighted by atomic mass is 32.2. The van der Waals surface area contributed by atoms with Gasteiger partial charge in [-0.3, -0.25) is 9.59 Å². The highest BCUT2D eigenvalue weighted by molar-refractivity contribution is 8.00. The monoisotopic (exact) mass is 372 g/mol. The Hall–Kier alpha value is -2.47. The number of carbonyl (C=O) groups is 2. The zero-order valence-corrected chi connectivity index (χ0v) is 16.1. The van der Waals surface area contributed by atoms with E-state index in [9.17, 15) is 9.59 Å². The molecule has 0 aliphatic rings. The summed E-state index contributed by atoms with van der Waals surface area (Å²) in [7, 11) is 1.59. The van der Waals surface area contributed by atoms with Crippen LogP contribution < -0.4 is 15.4 Å². The van der Waals surface area contributed by atoms with E-state index in [1.165, 1.54) is 11.8 Å². The van der Waals surface area contributed by atoms with Gasteiger partial charge in [0.25, 0.3) is 0 Å². The predicted octanol–water partition coefficient (Wildman–Crippen LogP) is 3.55. The normalized spacial score (nSPS) is 11.5. The Balaban J connectivity index is 1.72. The lowest BCUT2D eigenvalue weighted by Gasteiger charge is -2.16. The molecule has 0 radical (unpaired) electrons. The summed E-state index contributed by atoms with van der Waals surface area (Å²) < 4.78 is 5.08. The molecule has 138 valence electrons. The first-order chi connectivity index (χ1) is 12.5. The largest absolute Gasteiger partial charge is 0.497 e. The summed E-state index contributed by atoms with van der Waals surface area (Å²) in [5.74, 6) is 0.976. The van der Waals surface area contributed by atoms with Gasteiger partial charge in [0, 0.05) is 5.69 Å². The highest BCUT2D eigenvalue weighted by Crippen LogP contribution is 2.17. The molecule has 0 saturated carbocycles. The minimum absolute atomic E-state index is 0.0579. The average Bonchev–Trinajstić information content (AvgIpc) is 2.62. The van der Waals surface area contributed by atoms with Gasteiger partial charge in [-0.05, 0) is 49.2 Å². The van der Waals surface area contributed by atoms with Crippen molar-refractivity contribution >= 4 is 29.3 Å². The summed E-state index contributed by atoms with van der Waals surface area (Å²) in [6.45, 7) is 3.98. The van der Waals surface area contributed by atoms with E-state index >= 15 is 0 Å². The van der Waals surface area contributed by atoms with Crippen LogP contribution in [0.4, 0.5) is 5.69 Å². The third-order valence-electron chi connectivity index (χ3n) is 3.87. The maximum atomic E-state index is 12.1. The number of rotatable bonds is 8. The maximum Gasteiger partial charge on any atom is 0.234 e. The molecule has 2 N–H and O–H groups in total. The van der Waals surface area contributed by atoms with E-state index in [0.29, 0.717) is 5.69 Å². The minimum atomic E-state index is -0.139. The van der Waals surface area contributed by atoms with Crippen LogP contribution in [-0.2, 0) is 9.59 Å². The second-order valence-electron chi connectivity index (χ2n) is 5.92. The fraction of sp³-hybridized carbons (Fsp3) is 0.300. The summed E-state index contributed by atoms with van der Waals surface area (Å²) in [5, 5.41) is 5.76. The molecule has 0 aromatic heterocycles. The lowest BCUT2D eigenvalue weighted by molar-refractivity contribution is -0.119. The van der Waals surface area contributed by atoms with Crippen LogP contribution in [0.1, 0.15) is 24.1 Å². The van der Waals surface area contributed by atoms with Gasteiger partial charge in [-0.1, -0.05) is 24.3 Å². The number of hydrogen-bond acceptors (Lipinski definition) is 4. The van der Waals surface area contributed by atoms with Gasteiger partial charge in [0.2, 0.25) is 11.8 Å². The Morgan fingerprint density at radius 3 is 2.35 bits per heavy atom. The molecular formula is C20H24N2O3S. The smallest absolute Gasteiger partial charge is 0.234 e. The van der Waals surface area contributed by atoms with Gasteiger partial charge in [-0.2, -0.15) is 0 Å². The van der Waals surface area contributed by atoms with Crippen molar-refractivity contribution in [2.75, 3.05) is 23.9 Å². The molecule has 0 aliphatic heterocycles. The Bertz CT molecular complexity index is 747. The molecule has 2 aromatic rings. The number of thioether (sulfide) groups is 1. The molecule has 1 atom stereocenters. The fourth-order valence-corrected chi connectivity index (χ4v) is 3.17. The zero-order chi connectivity index (χ0) is 18.9. The van der Waals surface area contributed by atoms with Gasteiger partial charge in [0.15, 0.2) is 0 Å². The third-order valence-corrected chi connectivity index (χ3v) is 4.81. The predicted molar refractivity (Wildman–Crippen MR) is 107 cm³/mol. The third kappa shape index (κ3) is 6.11. The van der Waals surface area contributed by atoms with Gasteiger partial charge in [-0.15, -0.1) is 11.8 Å². The molecule has 26 heavy (non-hydrogen) atoms. The second kappa shape index (κ2) is 9.87. The second-order valence-corrected chi connectivity index (χ2v) is 6.90. The summed E-state index contributed by atoms with van der Waals surface area (Å²) >= 11 is 1.29. The molecule has 0 heterocycles. The van der Waals surface area contributed by atoms with Crippen molar-refractivity contribution < 1.29 is 14.3 Å². The number of anilines is 1. The van der Waals surface area contributed by atoms with Gasteiger partial charge in [-0.25, -0.2) is 0 Å². The van der Waals surface area contributed by atoms with E-state index in [0.717, 1.165) is 16.9 Å². The van der Waals surface area contributed by atoms with Crippen LogP contribution >= 0.6 is 11.8 Å². The molecule has 2 amide bonds. The number of carbonyl (C=O) groups excluding carboxylic acids is 2. The maximum absolute atomic E-state index is 12.1. The fourth-order valence-electron chi connectivity index (χ4n) is 2.54. The van der Waals surface area contributed by atoms with Crippen LogP contribution in [-0.4, -0.2) is 30.4 Å². The molecule has 0 spiro atoms. The standard InChI is InChI=1S/C20H24N2O3S/c1-14-6-4-5-7-18(14)15(2)21-19(23)12-26-13-20(24)22-16-8-10-17(25-3)11-9-16/h4-11,15H,12-13H2,1-3H3,(H,21,23)(H,22,24). The quantitative estimate of drug-likeness (QED) is 0.744. The van der Waals surface area contributed by atoms with E-state index in [4.69, 9.17) is 4.74 Å². The Morgan fingerprint density at radius 2 is 1.69 bits per heavy atom. The van der Waals surface area contributed by atoms with Crippen LogP contribution in [0.25, 0.3) is 0 Å². The number of methoxy groups -OCH3 is 1. The molecule has 0 fully saturated rings. The van der Waals surface area contributed by atoms with Crippen LogP contribution in [0.2, 0.25) is 0 Å². The van der Waals surface area contributed by atoms with Crippen molar-refractivity contribution in [2.45, 2.75) is 19.9 Å². The average molecular weight is 372 g/mol. The molecule has 0 bridgehead atoms. The molecule has 5 nitrogen and oxygen atoms in total. The molecule has 1 unspecified atom stereocenters. The molecule has 6 heteroatoms.